The van der Waals surface area contributed by atoms with Crippen molar-refractivity contribution >= 4 is 37.8 Å². The molecule has 2 aromatic carbocycles. The molecule has 104 valence electrons. The lowest BCUT2D eigenvalue weighted by atomic mass is 10.2. The molecule has 0 spiro atoms. The zero-order chi connectivity index (χ0) is 14.7. The zero-order valence-corrected chi connectivity index (χ0v) is 13.2. The Labute approximate surface area is 131 Å². The maximum Gasteiger partial charge on any atom is 0.336 e. The van der Waals surface area contributed by atoms with Crippen molar-refractivity contribution in [2.45, 2.75) is 6.61 Å². The summed E-state index contributed by atoms with van der Waals surface area (Å²) in [6.07, 6.45) is 0. The molecule has 3 nitrogen and oxygen atoms in total. The van der Waals surface area contributed by atoms with Crippen LogP contribution in [0.5, 0.6) is 5.75 Å². The van der Waals surface area contributed by atoms with Crippen molar-refractivity contribution in [3.8, 4) is 5.75 Å². The van der Waals surface area contributed by atoms with Gasteiger partial charge in [-0.25, -0.2) is 9.18 Å². The minimum Gasteiger partial charge on any atom is -0.489 e. The number of ether oxygens (including phenoxy) is 1. The summed E-state index contributed by atoms with van der Waals surface area (Å²) in [5, 5.41) is 9.00. The number of carboxylic acids is 1. The average molecular weight is 404 g/mol. The summed E-state index contributed by atoms with van der Waals surface area (Å²) >= 11 is 6.32. The van der Waals surface area contributed by atoms with E-state index in [0.717, 1.165) is 0 Å². The van der Waals surface area contributed by atoms with Gasteiger partial charge in [0.25, 0.3) is 0 Å². The molecule has 0 aliphatic heterocycles. The second-order valence-corrected chi connectivity index (χ2v) is 5.74. The first-order valence-corrected chi connectivity index (χ1v) is 7.15. The first-order valence-electron chi connectivity index (χ1n) is 5.57. The number of aromatic carboxylic acids is 1. The number of carbonyl (C=O) groups is 1. The van der Waals surface area contributed by atoms with Gasteiger partial charge in [-0.1, -0.05) is 22.0 Å². The Bertz CT molecular complexity index is 659. The molecular formula is C14H9Br2FO3. The molecule has 0 aromatic heterocycles. The molecule has 0 aliphatic carbocycles. The van der Waals surface area contributed by atoms with Crippen LogP contribution in [0.4, 0.5) is 4.39 Å². The molecule has 0 amide bonds. The molecule has 6 heteroatoms. The summed E-state index contributed by atoms with van der Waals surface area (Å²) < 4.78 is 20.1. The Morgan fingerprint density at radius 2 is 1.95 bits per heavy atom. The highest BCUT2D eigenvalue weighted by Crippen LogP contribution is 2.24. The van der Waals surface area contributed by atoms with Gasteiger partial charge in [-0.15, -0.1) is 0 Å². The van der Waals surface area contributed by atoms with Crippen LogP contribution < -0.4 is 4.74 Å². The monoisotopic (exact) mass is 402 g/mol. The number of hydrogen-bond acceptors (Lipinski definition) is 2. The normalized spacial score (nSPS) is 10.3. The molecule has 0 fully saturated rings. The van der Waals surface area contributed by atoms with E-state index >= 15 is 0 Å². The molecule has 0 saturated heterocycles. The summed E-state index contributed by atoms with van der Waals surface area (Å²) in [7, 11) is 0. The van der Waals surface area contributed by atoms with Gasteiger partial charge in [0.15, 0.2) is 0 Å². The van der Waals surface area contributed by atoms with E-state index < -0.39 is 5.97 Å². The van der Waals surface area contributed by atoms with E-state index in [-0.39, 0.29) is 18.0 Å². The molecule has 0 unspecified atom stereocenters. The molecule has 0 bridgehead atoms. The molecule has 2 aromatic rings. The van der Waals surface area contributed by atoms with Crippen LogP contribution >= 0.6 is 31.9 Å². The van der Waals surface area contributed by atoms with E-state index in [1.165, 1.54) is 12.1 Å². The lowest BCUT2D eigenvalue weighted by Gasteiger charge is -2.09. The first-order chi connectivity index (χ1) is 9.47. The maximum absolute atomic E-state index is 13.6. The molecule has 0 heterocycles. The second kappa shape index (κ2) is 6.37. The Morgan fingerprint density at radius 3 is 2.60 bits per heavy atom. The van der Waals surface area contributed by atoms with Crippen LogP contribution in [0.25, 0.3) is 0 Å². The predicted octanol–water partition coefficient (Wildman–Crippen LogP) is 4.63. The molecule has 0 saturated carbocycles. The summed E-state index contributed by atoms with van der Waals surface area (Å²) in [5.41, 5.74) is 0.492. The van der Waals surface area contributed by atoms with E-state index in [9.17, 15) is 9.18 Å². The van der Waals surface area contributed by atoms with Crippen LogP contribution in [0.1, 0.15) is 15.9 Å². The average Bonchev–Trinajstić information content (AvgIpc) is 2.39. The quantitative estimate of drug-likeness (QED) is 0.809. The van der Waals surface area contributed by atoms with Gasteiger partial charge < -0.3 is 9.84 Å². The van der Waals surface area contributed by atoms with Gasteiger partial charge in [0.1, 0.15) is 18.2 Å². The largest absolute Gasteiger partial charge is 0.489 e. The number of hydrogen-bond donors (Lipinski definition) is 1. The number of benzene rings is 2. The third kappa shape index (κ3) is 3.58. The van der Waals surface area contributed by atoms with Gasteiger partial charge in [-0.2, -0.15) is 0 Å². The Balaban J connectivity index is 2.15. The topological polar surface area (TPSA) is 46.5 Å². The highest BCUT2D eigenvalue weighted by molar-refractivity contribution is 9.10. The van der Waals surface area contributed by atoms with Crippen LogP contribution in [0.15, 0.2) is 45.3 Å². The molecule has 1 N–H and O–H groups in total. The van der Waals surface area contributed by atoms with Crippen molar-refractivity contribution < 1.29 is 19.0 Å². The van der Waals surface area contributed by atoms with Gasteiger partial charge in [-0.05, 0) is 46.3 Å². The summed E-state index contributed by atoms with van der Waals surface area (Å²) in [6.45, 7) is 0.0276. The van der Waals surface area contributed by atoms with E-state index in [2.05, 4.69) is 31.9 Å². The van der Waals surface area contributed by atoms with Crippen LogP contribution in [0.3, 0.4) is 0 Å². The minimum atomic E-state index is -1.06. The van der Waals surface area contributed by atoms with E-state index in [0.29, 0.717) is 20.3 Å². The van der Waals surface area contributed by atoms with Crippen molar-refractivity contribution in [2.24, 2.45) is 0 Å². The lowest BCUT2D eigenvalue weighted by molar-refractivity contribution is 0.0695. The van der Waals surface area contributed by atoms with E-state index in [1.807, 2.05) is 0 Å². The van der Waals surface area contributed by atoms with E-state index in [1.54, 1.807) is 24.3 Å². The highest BCUT2D eigenvalue weighted by Gasteiger charge is 2.10. The van der Waals surface area contributed by atoms with Crippen LogP contribution in [0.2, 0.25) is 0 Å². The van der Waals surface area contributed by atoms with Crippen molar-refractivity contribution in [3.63, 3.8) is 0 Å². The predicted molar refractivity (Wildman–Crippen MR) is 79.5 cm³/mol. The minimum absolute atomic E-state index is 0.0276. The summed E-state index contributed by atoms with van der Waals surface area (Å²) in [5.74, 6) is -1.07. The molecular weight excluding hydrogens is 395 g/mol. The molecule has 0 radical (unpaired) electrons. The fourth-order valence-corrected chi connectivity index (χ4v) is 2.31. The van der Waals surface area contributed by atoms with Crippen molar-refractivity contribution in [1.82, 2.24) is 0 Å². The van der Waals surface area contributed by atoms with Crippen molar-refractivity contribution in [2.75, 3.05) is 0 Å². The van der Waals surface area contributed by atoms with Gasteiger partial charge in [-0.3, -0.25) is 0 Å². The second-order valence-electron chi connectivity index (χ2n) is 3.97. The van der Waals surface area contributed by atoms with E-state index in [4.69, 9.17) is 9.84 Å². The van der Waals surface area contributed by atoms with Crippen molar-refractivity contribution in [3.05, 3.63) is 62.3 Å². The third-order valence-corrected chi connectivity index (χ3v) is 3.76. The van der Waals surface area contributed by atoms with Crippen LogP contribution in [-0.2, 0) is 6.61 Å². The zero-order valence-electron chi connectivity index (χ0n) is 10.1. The highest BCUT2D eigenvalue weighted by atomic mass is 79.9. The van der Waals surface area contributed by atoms with Gasteiger partial charge in [0.05, 0.1) is 5.56 Å². The van der Waals surface area contributed by atoms with Crippen LogP contribution in [-0.4, -0.2) is 11.1 Å². The molecule has 20 heavy (non-hydrogen) atoms. The number of halogens is 3. The Kier molecular flexibility index (Phi) is 4.77. The lowest BCUT2D eigenvalue weighted by Crippen LogP contribution is -2.01. The fourth-order valence-electron chi connectivity index (χ4n) is 1.56. The van der Waals surface area contributed by atoms with Gasteiger partial charge in [0.2, 0.25) is 0 Å². The smallest absolute Gasteiger partial charge is 0.336 e. The first kappa shape index (κ1) is 15.0. The van der Waals surface area contributed by atoms with Crippen LogP contribution in [0, 0.1) is 5.82 Å². The maximum atomic E-state index is 13.6. The molecule has 0 aliphatic rings. The fraction of sp³-hybridized carbons (Fsp3) is 0.0714. The SMILES string of the molecule is O=C(O)c1cc(OCc2ccc(Br)cc2F)ccc1Br. The van der Waals surface area contributed by atoms with Gasteiger partial charge in [0, 0.05) is 14.5 Å². The molecule has 0 atom stereocenters. The third-order valence-electron chi connectivity index (χ3n) is 2.58. The number of rotatable bonds is 4. The molecule has 2 rings (SSSR count). The Hall–Kier alpha value is -1.40. The summed E-state index contributed by atoms with van der Waals surface area (Å²) in [4.78, 5) is 11.0. The van der Waals surface area contributed by atoms with Crippen molar-refractivity contribution in [1.29, 1.82) is 0 Å². The standard InChI is InChI=1S/C14H9Br2FO3/c15-9-2-1-8(13(17)5-9)7-20-10-3-4-12(16)11(6-10)14(18)19/h1-6H,7H2,(H,18,19). The van der Waals surface area contributed by atoms with Gasteiger partial charge >= 0.3 is 5.97 Å². The number of carboxylic acid groups (broad SMARTS) is 1. The Morgan fingerprint density at radius 1 is 1.20 bits per heavy atom. The summed E-state index contributed by atoms with van der Waals surface area (Å²) in [6, 6.07) is 9.26.